The molecule has 3 N–H and O–H groups in total. The van der Waals surface area contributed by atoms with Crippen molar-refractivity contribution < 1.29 is 19.1 Å². The highest BCUT2D eigenvalue weighted by Gasteiger charge is 2.24. The zero-order valence-electron chi connectivity index (χ0n) is 14.3. The molecule has 1 aromatic heterocycles. The molecule has 12 heteroatoms. The Labute approximate surface area is 160 Å². The molecule has 2 aromatic rings. The monoisotopic (exact) mass is 403 g/mol. The number of aromatic nitrogens is 2. The number of nitrogens with one attached hydrogen (secondary N) is 3. The second kappa shape index (κ2) is 7.92. The van der Waals surface area contributed by atoms with Crippen molar-refractivity contribution in [1.29, 1.82) is 0 Å². The summed E-state index contributed by atoms with van der Waals surface area (Å²) in [6.45, 7) is 0. The first-order valence-electron chi connectivity index (χ1n) is 7.75. The molecule has 0 spiro atoms. The van der Waals surface area contributed by atoms with Crippen molar-refractivity contribution >= 4 is 40.5 Å². The minimum atomic E-state index is -0.942. The van der Waals surface area contributed by atoms with Gasteiger partial charge in [-0.3, -0.25) is 29.5 Å². The maximum Gasteiger partial charge on any atom is 0.337 e. The first-order valence-corrected chi connectivity index (χ1v) is 8.74. The number of amidine groups is 1. The molecule has 0 saturated heterocycles. The van der Waals surface area contributed by atoms with E-state index in [1.807, 2.05) is 0 Å². The second-order valence-corrected chi connectivity index (χ2v) is 6.31. The summed E-state index contributed by atoms with van der Waals surface area (Å²) >= 11 is 0.824. The van der Waals surface area contributed by atoms with Gasteiger partial charge < -0.3 is 10.1 Å². The van der Waals surface area contributed by atoms with Gasteiger partial charge in [-0.05, 0) is 12.1 Å². The van der Waals surface area contributed by atoms with E-state index in [9.17, 15) is 24.0 Å². The largest absolute Gasteiger partial charge is 0.495 e. The number of thioether (sulfide) groups is 1. The molecule has 0 atom stereocenters. The number of para-hydroxylation sites is 2. The number of aliphatic imine (C=N–C) groups is 1. The fourth-order valence-corrected chi connectivity index (χ4v) is 3.00. The van der Waals surface area contributed by atoms with E-state index in [0.29, 0.717) is 11.4 Å². The number of H-pyrrole nitrogens is 1. The van der Waals surface area contributed by atoms with Crippen molar-refractivity contribution in [1.82, 2.24) is 14.9 Å². The van der Waals surface area contributed by atoms with Gasteiger partial charge in [-0.15, -0.1) is 0 Å². The molecule has 11 nitrogen and oxygen atoms in total. The van der Waals surface area contributed by atoms with Gasteiger partial charge in [0.25, 0.3) is 5.56 Å². The van der Waals surface area contributed by atoms with Gasteiger partial charge in [0, 0.05) is 6.07 Å². The number of rotatable bonds is 5. The molecule has 0 radical (unpaired) electrons. The number of hydrogen-bond donors (Lipinski definition) is 3. The highest BCUT2D eigenvalue weighted by molar-refractivity contribution is 8.14. The number of ether oxygens (including phenoxy) is 1. The number of aromatic amines is 1. The molecule has 28 heavy (non-hydrogen) atoms. The van der Waals surface area contributed by atoms with E-state index >= 15 is 0 Å². The molecule has 0 saturated carbocycles. The van der Waals surface area contributed by atoms with E-state index < -0.39 is 29.0 Å². The molecule has 1 aliphatic rings. The van der Waals surface area contributed by atoms with E-state index in [1.165, 1.54) is 7.11 Å². The van der Waals surface area contributed by atoms with Gasteiger partial charge in [0.05, 0.1) is 18.6 Å². The minimum absolute atomic E-state index is 0.00169. The lowest BCUT2D eigenvalue weighted by atomic mass is 10.3. The zero-order valence-corrected chi connectivity index (χ0v) is 15.2. The van der Waals surface area contributed by atoms with Gasteiger partial charge in [0.1, 0.15) is 11.6 Å². The van der Waals surface area contributed by atoms with Gasteiger partial charge in [0.2, 0.25) is 5.91 Å². The Morgan fingerprint density at radius 2 is 2.00 bits per heavy atom. The van der Waals surface area contributed by atoms with Gasteiger partial charge in [-0.25, -0.2) is 9.36 Å². The molecular weight excluding hydrogens is 390 g/mol. The summed E-state index contributed by atoms with van der Waals surface area (Å²) in [4.78, 5) is 64.0. The summed E-state index contributed by atoms with van der Waals surface area (Å²) in [6, 6.07) is 7.61. The molecule has 2 heterocycles. The van der Waals surface area contributed by atoms with Crippen molar-refractivity contribution in [2.75, 3.05) is 18.2 Å². The van der Waals surface area contributed by atoms with Crippen LogP contribution in [0.25, 0.3) is 5.69 Å². The zero-order chi connectivity index (χ0) is 20.3. The summed E-state index contributed by atoms with van der Waals surface area (Å²) in [5.41, 5.74) is -1.15. The Bertz CT molecular complexity index is 1120. The van der Waals surface area contributed by atoms with Crippen LogP contribution in [0.15, 0.2) is 44.9 Å². The molecule has 0 aliphatic carbocycles. The number of carbonyl (C=O) groups is 3. The van der Waals surface area contributed by atoms with Crippen LogP contribution in [-0.2, 0) is 14.4 Å². The predicted octanol–water partition coefficient (Wildman–Crippen LogP) is -0.781. The Balaban J connectivity index is 1.86. The van der Waals surface area contributed by atoms with Crippen LogP contribution in [0.3, 0.4) is 0 Å². The summed E-state index contributed by atoms with van der Waals surface area (Å²) in [5, 5.41) is 4.67. The Morgan fingerprint density at radius 1 is 1.25 bits per heavy atom. The summed E-state index contributed by atoms with van der Waals surface area (Å²) < 4.78 is 6.31. The summed E-state index contributed by atoms with van der Waals surface area (Å²) in [6.07, 6.45) is 0. The Morgan fingerprint density at radius 3 is 2.68 bits per heavy atom. The Kier molecular flexibility index (Phi) is 5.40. The molecular formula is C16H13N5O6S. The average Bonchev–Trinajstić information content (AvgIpc) is 2.97. The first kappa shape index (κ1) is 19.1. The molecule has 0 bridgehead atoms. The van der Waals surface area contributed by atoms with E-state index in [4.69, 9.17) is 4.74 Å². The molecule has 3 rings (SSSR count). The first-order chi connectivity index (χ1) is 13.4. The molecule has 1 aromatic carbocycles. The van der Waals surface area contributed by atoms with Crippen molar-refractivity contribution in [3.05, 3.63) is 51.2 Å². The highest BCUT2D eigenvalue weighted by Crippen LogP contribution is 2.23. The summed E-state index contributed by atoms with van der Waals surface area (Å²) in [5.74, 6) is -2.35. The van der Waals surface area contributed by atoms with E-state index in [0.717, 1.165) is 22.4 Å². The number of amides is 3. The topological polar surface area (TPSA) is 152 Å². The molecule has 0 unspecified atom stereocenters. The number of methoxy groups -OCH3 is 1. The van der Waals surface area contributed by atoms with Crippen LogP contribution in [0.4, 0.5) is 5.82 Å². The average molecular weight is 403 g/mol. The predicted molar refractivity (Wildman–Crippen MR) is 101 cm³/mol. The van der Waals surface area contributed by atoms with Gasteiger partial charge in [-0.1, -0.05) is 23.9 Å². The van der Waals surface area contributed by atoms with Gasteiger partial charge >= 0.3 is 17.5 Å². The fourth-order valence-electron chi connectivity index (χ4n) is 2.34. The van der Waals surface area contributed by atoms with Crippen LogP contribution in [-0.4, -0.2) is 45.3 Å². The number of nitrogens with zero attached hydrogens (tertiary/aromatic N) is 2. The van der Waals surface area contributed by atoms with Crippen LogP contribution < -0.4 is 26.6 Å². The van der Waals surface area contributed by atoms with Crippen LogP contribution in [0.2, 0.25) is 0 Å². The fraction of sp³-hybridized carbons (Fsp3) is 0.125. The molecule has 0 fully saturated rings. The van der Waals surface area contributed by atoms with Crippen molar-refractivity contribution in [3.63, 3.8) is 0 Å². The van der Waals surface area contributed by atoms with Crippen LogP contribution >= 0.6 is 11.8 Å². The maximum absolute atomic E-state index is 12.3. The quantitative estimate of drug-likeness (QED) is 0.554. The van der Waals surface area contributed by atoms with Gasteiger partial charge in [-0.2, -0.15) is 4.99 Å². The van der Waals surface area contributed by atoms with Crippen LogP contribution in [0.1, 0.15) is 0 Å². The smallest absolute Gasteiger partial charge is 0.337 e. The standard InChI is InChI=1S/C16H13N5O6S/c1-27-9-5-3-2-4-8(9)21-10(6-11(22)18-16(21)26)17-12(23)7-28-15-19-13(24)14(25)20-15/h2-6H,7H2,1H3,(H,17,23)(H,18,22,26)(H,19,20,24,25). The molecule has 3 amide bonds. The lowest BCUT2D eigenvalue weighted by molar-refractivity contribution is -0.135. The number of hydrogen-bond acceptors (Lipinski definition) is 7. The molecule has 144 valence electrons. The van der Waals surface area contributed by atoms with Crippen LogP contribution in [0, 0.1) is 0 Å². The maximum atomic E-state index is 12.3. The second-order valence-electron chi connectivity index (χ2n) is 5.34. The van der Waals surface area contributed by atoms with Crippen LogP contribution in [0.5, 0.6) is 5.75 Å². The minimum Gasteiger partial charge on any atom is -0.495 e. The highest BCUT2D eigenvalue weighted by atomic mass is 32.2. The van der Waals surface area contributed by atoms with Crippen molar-refractivity contribution in [2.24, 2.45) is 4.99 Å². The van der Waals surface area contributed by atoms with E-state index in [-0.39, 0.29) is 16.7 Å². The van der Waals surface area contributed by atoms with Crippen molar-refractivity contribution in [2.45, 2.75) is 0 Å². The lowest BCUT2D eigenvalue weighted by Gasteiger charge is -2.15. The molecule has 1 aliphatic heterocycles. The Hall–Kier alpha value is -3.67. The third-order valence-electron chi connectivity index (χ3n) is 3.49. The van der Waals surface area contributed by atoms with E-state index in [1.54, 1.807) is 24.3 Å². The van der Waals surface area contributed by atoms with E-state index in [2.05, 4.69) is 20.6 Å². The number of benzene rings is 1. The number of carbonyl (C=O) groups excluding carboxylic acids is 3. The SMILES string of the molecule is COc1ccccc1-n1c(NC(=O)CSC2=NC(=O)C(=O)N2)cc(=O)[nH]c1=O. The van der Waals surface area contributed by atoms with Gasteiger partial charge in [0.15, 0.2) is 5.17 Å². The summed E-state index contributed by atoms with van der Waals surface area (Å²) in [7, 11) is 1.42. The number of anilines is 1. The third kappa shape index (κ3) is 4.01. The van der Waals surface area contributed by atoms with Crippen molar-refractivity contribution in [3.8, 4) is 11.4 Å². The lowest BCUT2D eigenvalue weighted by Crippen LogP contribution is -2.32. The third-order valence-corrected chi connectivity index (χ3v) is 4.37. The normalized spacial score (nSPS) is 13.1.